The number of H-pyrrole nitrogens is 1. The van der Waals surface area contributed by atoms with Crippen LogP contribution in [-0.2, 0) is 0 Å². The van der Waals surface area contributed by atoms with Gasteiger partial charge in [-0.2, -0.15) is 0 Å². The first kappa shape index (κ1) is 12.5. The van der Waals surface area contributed by atoms with E-state index in [1.165, 1.54) is 6.07 Å². The number of imidazole rings is 1. The van der Waals surface area contributed by atoms with Crippen LogP contribution in [0.2, 0.25) is 0 Å². The molecule has 0 unspecified atom stereocenters. The van der Waals surface area contributed by atoms with Crippen LogP contribution in [-0.4, -0.2) is 16.5 Å². The van der Waals surface area contributed by atoms with Crippen LogP contribution in [0.1, 0.15) is 37.4 Å². The second-order valence-corrected chi connectivity index (χ2v) is 5.36. The lowest BCUT2D eigenvalue weighted by Gasteiger charge is -2.26. The molecule has 3 nitrogen and oxygen atoms in total. The van der Waals surface area contributed by atoms with E-state index in [1.807, 2.05) is 0 Å². The van der Waals surface area contributed by atoms with Crippen molar-refractivity contribution >= 4 is 11.0 Å². The number of halogens is 2. The lowest BCUT2D eigenvalue weighted by molar-refractivity contribution is 0.326. The monoisotopic (exact) mass is 265 g/mol. The first-order valence-corrected chi connectivity index (χ1v) is 6.72. The van der Waals surface area contributed by atoms with Crippen molar-refractivity contribution in [2.45, 2.75) is 31.6 Å². The Morgan fingerprint density at radius 3 is 2.53 bits per heavy atom. The summed E-state index contributed by atoms with van der Waals surface area (Å²) in [5.41, 5.74) is 6.74. The average Bonchev–Trinajstić information content (AvgIpc) is 2.82. The molecule has 19 heavy (non-hydrogen) atoms. The lowest BCUT2D eigenvalue weighted by Crippen LogP contribution is -2.21. The summed E-state index contributed by atoms with van der Waals surface area (Å²) in [5, 5.41) is 0. The molecule has 1 aromatic heterocycles. The summed E-state index contributed by atoms with van der Waals surface area (Å²) in [5.74, 6) is 0.110. The van der Waals surface area contributed by atoms with Crippen LogP contribution in [0.5, 0.6) is 0 Å². The van der Waals surface area contributed by atoms with Crippen LogP contribution in [0.4, 0.5) is 8.78 Å². The molecule has 0 radical (unpaired) electrons. The molecule has 1 fully saturated rings. The van der Waals surface area contributed by atoms with E-state index in [9.17, 15) is 8.78 Å². The second-order valence-electron chi connectivity index (χ2n) is 5.36. The minimum atomic E-state index is -0.850. The highest BCUT2D eigenvalue weighted by Crippen LogP contribution is 2.34. The molecule has 2 aromatic rings. The highest BCUT2D eigenvalue weighted by Gasteiger charge is 2.24. The van der Waals surface area contributed by atoms with Crippen LogP contribution in [0, 0.1) is 17.6 Å². The van der Waals surface area contributed by atoms with Gasteiger partial charge in [-0.05, 0) is 38.1 Å². The number of aromatic nitrogens is 2. The number of benzene rings is 1. The molecule has 1 aromatic carbocycles. The number of nitrogens with two attached hydrogens (primary N) is 1. The number of hydrogen-bond donors (Lipinski definition) is 2. The smallest absolute Gasteiger partial charge is 0.161 e. The first-order chi connectivity index (χ1) is 9.17. The van der Waals surface area contributed by atoms with Gasteiger partial charge >= 0.3 is 0 Å². The fourth-order valence-electron chi connectivity index (χ4n) is 2.89. The van der Waals surface area contributed by atoms with E-state index < -0.39 is 11.6 Å². The Morgan fingerprint density at radius 2 is 1.84 bits per heavy atom. The van der Waals surface area contributed by atoms with Gasteiger partial charge in [-0.15, -0.1) is 0 Å². The van der Waals surface area contributed by atoms with Gasteiger partial charge in [-0.1, -0.05) is 0 Å². The summed E-state index contributed by atoms with van der Waals surface area (Å²) < 4.78 is 26.3. The fourth-order valence-corrected chi connectivity index (χ4v) is 2.89. The minimum absolute atomic E-state index is 0.348. The van der Waals surface area contributed by atoms with E-state index in [0.717, 1.165) is 44.1 Å². The maximum atomic E-state index is 13.2. The normalized spacial score (nSPS) is 23.9. The first-order valence-electron chi connectivity index (χ1n) is 6.72. The number of hydrogen-bond acceptors (Lipinski definition) is 2. The van der Waals surface area contributed by atoms with Gasteiger partial charge in [0.2, 0.25) is 0 Å². The van der Waals surface area contributed by atoms with E-state index in [0.29, 0.717) is 22.9 Å². The third-order valence-corrected chi connectivity index (χ3v) is 4.11. The Kier molecular flexibility index (Phi) is 3.22. The molecular formula is C14H17F2N3. The third-order valence-electron chi connectivity index (χ3n) is 4.11. The van der Waals surface area contributed by atoms with Crippen molar-refractivity contribution in [3.05, 3.63) is 29.6 Å². The molecule has 0 bridgehead atoms. The molecule has 1 aliphatic carbocycles. The van der Waals surface area contributed by atoms with E-state index in [-0.39, 0.29) is 0 Å². The Morgan fingerprint density at radius 1 is 1.16 bits per heavy atom. The van der Waals surface area contributed by atoms with Crippen LogP contribution in [0.25, 0.3) is 11.0 Å². The molecule has 0 atom stereocenters. The standard InChI is InChI=1S/C14H17F2N3/c15-10-5-12-13(6-11(10)16)19-14(18-12)9-3-1-8(7-17)2-4-9/h5-6,8-9H,1-4,7,17H2,(H,18,19). The van der Waals surface area contributed by atoms with E-state index in [1.54, 1.807) is 0 Å². The van der Waals surface area contributed by atoms with Crippen molar-refractivity contribution in [2.24, 2.45) is 11.7 Å². The fraction of sp³-hybridized carbons (Fsp3) is 0.500. The molecule has 5 heteroatoms. The summed E-state index contributed by atoms with van der Waals surface area (Å²) in [6.45, 7) is 0.739. The summed E-state index contributed by atoms with van der Waals surface area (Å²) in [6, 6.07) is 2.32. The van der Waals surface area contributed by atoms with Crippen molar-refractivity contribution in [3.8, 4) is 0 Å². The molecule has 1 heterocycles. The number of nitrogens with zero attached hydrogens (tertiary/aromatic N) is 1. The maximum Gasteiger partial charge on any atom is 0.161 e. The van der Waals surface area contributed by atoms with Crippen molar-refractivity contribution in [1.29, 1.82) is 0 Å². The van der Waals surface area contributed by atoms with Gasteiger partial charge in [-0.25, -0.2) is 13.8 Å². The largest absolute Gasteiger partial charge is 0.342 e. The van der Waals surface area contributed by atoms with Crippen LogP contribution in [0.15, 0.2) is 12.1 Å². The average molecular weight is 265 g/mol. The highest BCUT2D eigenvalue weighted by molar-refractivity contribution is 5.75. The summed E-state index contributed by atoms with van der Waals surface area (Å²) in [6.07, 6.45) is 4.27. The van der Waals surface area contributed by atoms with Crippen molar-refractivity contribution < 1.29 is 8.78 Å². The maximum absolute atomic E-state index is 13.2. The second kappa shape index (κ2) is 4.89. The van der Waals surface area contributed by atoms with Gasteiger partial charge in [0, 0.05) is 18.1 Å². The van der Waals surface area contributed by atoms with Gasteiger partial charge < -0.3 is 10.7 Å². The molecule has 0 spiro atoms. The zero-order valence-electron chi connectivity index (χ0n) is 10.6. The van der Waals surface area contributed by atoms with Gasteiger partial charge in [0.15, 0.2) is 11.6 Å². The zero-order chi connectivity index (χ0) is 13.4. The lowest BCUT2D eigenvalue weighted by atomic mass is 9.82. The van der Waals surface area contributed by atoms with Crippen molar-refractivity contribution in [1.82, 2.24) is 9.97 Å². The van der Waals surface area contributed by atoms with Gasteiger partial charge in [0.1, 0.15) is 5.82 Å². The quantitative estimate of drug-likeness (QED) is 0.876. The van der Waals surface area contributed by atoms with E-state index >= 15 is 0 Å². The zero-order valence-corrected chi connectivity index (χ0v) is 10.6. The van der Waals surface area contributed by atoms with Crippen LogP contribution >= 0.6 is 0 Å². The molecule has 0 saturated heterocycles. The van der Waals surface area contributed by atoms with Crippen LogP contribution < -0.4 is 5.73 Å². The summed E-state index contributed by atoms with van der Waals surface area (Å²) >= 11 is 0. The van der Waals surface area contributed by atoms with E-state index in [4.69, 9.17) is 5.73 Å². The number of fused-ring (bicyclic) bond motifs is 1. The Balaban J connectivity index is 1.86. The van der Waals surface area contributed by atoms with Gasteiger partial charge in [0.05, 0.1) is 11.0 Å². The molecule has 102 valence electrons. The highest BCUT2D eigenvalue weighted by atomic mass is 19.2. The Bertz CT molecular complexity index is 547. The van der Waals surface area contributed by atoms with Crippen LogP contribution in [0.3, 0.4) is 0 Å². The Labute approximate surface area is 110 Å². The molecule has 3 N–H and O–H groups in total. The molecule has 0 aliphatic heterocycles. The molecule has 0 amide bonds. The topological polar surface area (TPSA) is 54.7 Å². The minimum Gasteiger partial charge on any atom is -0.342 e. The predicted molar refractivity (Wildman–Crippen MR) is 69.8 cm³/mol. The predicted octanol–water partition coefficient (Wildman–Crippen LogP) is 3.07. The van der Waals surface area contributed by atoms with Gasteiger partial charge in [0.25, 0.3) is 0 Å². The molecular weight excluding hydrogens is 248 g/mol. The molecule has 1 saturated carbocycles. The molecule has 1 aliphatic rings. The van der Waals surface area contributed by atoms with Crippen molar-refractivity contribution in [2.75, 3.05) is 6.54 Å². The summed E-state index contributed by atoms with van der Waals surface area (Å²) in [7, 11) is 0. The van der Waals surface area contributed by atoms with E-state index in [2.05, 4.69) is 9.97 Å². The SMILES string of the molecule is NCC1CCC(c2nc3cc(F)c(F)cc3[nH]2)CC1. The third kappa shape index (κ3) is 2.34. The number of aromatic amines is 1. The van der Waals surface area contributed by atoms with Gasteiger partial charge in [-0.3, -0.25) is 0 Å². The van der Waals surface area contributed by atoms with Crippen molar-refractivity contribution in [3.63, 3.8) is 0 Å². The number of rotatable bonds is 2. The summed E-state index contributed by atoms with van der Waals surface area (Å²) in [4.78, 5) is 7.51. The number of nitrogens with one attached hydrogen (secondary N) is 1. The Hall–Kier alpha value is -1.49. The molecule has 3 rings (SSSR count).